The molecule has 33 heavy (non-hydrogen) atoms. The van der Waals surface area contributed by atoms with Crippen molar-refractivity contribution in [2.75, 3.05) is 11.3 Å². The zero-order chi connectivity index (χ0) is 23.8. The molecule has 3 aromatic rings. The van der Waals surface area contributed by atoms with Gasteiger partial charge in [-0.05, 0) is 62.9 Å². The van der Waals surface area contributed by atoms with Crippen LogP contribution in [0.25, 0.3) is 22.2 Å². The Labute approximate surface area is 191 Å². The van der Waals surface area contributed by atoms with Gasteiger partial charge in [0.1, 0.15) is 23.7 Å². The molecule has 1 heterocycles. The van der Waals surface area contributed by atoms with Crippen LogP contribution in [0.1, 0.15) is 44.7 Å². The second-order valence-electron chi connectivity index (χ2n) is 8.47. The fourth-order valence-electron chi connectivity index (χ4n) is 3.94. The maximum Gasteiger partial charge on any atom is 0.368 e. The fourth-order valence-corrected chi connectivity index (χ4v) is 4.65. The molecule has 1 aliphatic rings. The summed E-state index contributed by atoms with van der Waals surface area (Å²) in [5, 5.41) is 10.3. The van der Waals surface area contributed by atoms with Crippen LogP contribution in [0.15, 0.2) is 42.5 Å². The lowest BCUT2D eigenvalue weighted by Gasteiger charge is -2.30. The highest BCUT2D eigenvalue weighted by Crippen LogP contribution is 2.43. The number of nitrogens with zero attached hydrogens (tertiary/aromatic N) is 2. The average molecular weight is 475 g/mol. The van der Waals surface area contributed by atoms with Crippen molar-refractivity contribution in [3.63, 3.8) is 0 Å². The van der Waals surface area contributed by atoms with E-state index in [1.54, 1.807) is 44.2 Å². The minimum atomic E-state index is -3.22. The van der Waals surface area contributed by atoms with E-state index in [0.717, 1.165) is 41.4 Å². The highest BCUT2D eigenvalue weighted by atomic mass is 32.2. The normalized spacial score (nSPS) is 15.9. The number of benzene rings is 2. The van der Waals surface area contributed by atoms with Crippen LogP contribution in [0.5, 0.6) is 5.75 Å². The molecule has 2 aromatic carbocycles. The summed E-state index contributed by atoms with van der Waals surface area (Å²) in [6, 6.07) is 14.7. The van der Waals surface area contributed by atoms with Crippen molar-refractivity contribution in [1.82, 2.24) is 4.57 Å². The first-order valence-corrected chi connectivity index (χ1v) is 12.4. The number of fused-ring (bicyclic) bond motifs is 1. The van der Waals surface area contributed by atoms with E-state index in [-0.39, 0.29) is 6.04 Å². The van der Waals surface area contributed by atoms with E-state index >= 15 is 0 Å². The summed E-state index contributed by atoms with van der Waals surface area (Å²) in [6.07, 6.45) is 0.436. The van der Waals surface area contributed by atoms with Gasteiger partial charge in [-0.15, -0.1) is 0 Å². The van der Waals surface area contributed by atoms with Crippen molar-refractivity contribution in [3.05, 3.63) is 48.0 Å². The molecule has 0 saturated heterocycles. The number of halogens is 2. The number of aromatic nitrogens is 1. The standard InChI is InChI=1S/C24H25F2N3O3S/c1-15(2)33(30,31)28-17-8-6-16(7-9-17)24-21(13-27)20-11-10-19(32-14-23(25)26)12-22(20)29(24)18-4-3-5-18/h6-12,15,18,23H,3-5,14H2,1-2H3,(H,28,30,31)/p+1. The predicted octanol–water partition coefficient (Wildman–Crippen LogP) is 5.86. The second-order valence-corrected chi connectivity index (χ2v) is 10.8. The Balaban J connectivity index is 1.80. The molecule has 1 atom stereocenters. The van der Waals surface area contributed by atoms with Crippen LogP contribution in [0, 0.1) is 11.3 Å². The number of anilines is 1. The summed E-state index contributed by atoms with van der Waals surface area (Å²) in [5.41, 5.74) is 3.34. The third-order valence-corrected chi connectivity index (χ3v) is 7.77. The molecule has 1 unspecified atom stereocenters. The Bertz CT molecular complexity index is 1310. The highest BCUT2D eigenvalue weighted by molar-refractivity contribution is 7.93. The van der Waals surface area contributed by atoms with Crippen LogP contribution in [0.3, 0.4) is 0 Å². The molecule has 2 N–H and O–H groups in total. The van der Waals surface area contributed by atoms with Gasteiger partial charge in [-0.2, -0.15) is 9.47 Å². The van der Waals surface area contributed by atoms with Crippen molar-refractivity contribution in [3.8, 4) is 23.1 Å². The number of alkyl halides is 2. The third-order valence-electron chi connectivity index (χ3n) is 5.96. The van der Waals surface area contributed by atoms with Crippen molar-refractivity contribution in [1.29, 1.82) is 5.26 Å². The lowest BCUT2D eigenvalue weighted by atomic mass is 9.92. The lowest BCUT2D eigenvalue weighted by molar-refractivity contribution is 0.0819. The van der Waals surface area contributed by atoms with E-state index in [4.69, 9.17) is 4.74 Å². The molecule has 9 heteroatoms. The number of hydrogen-bond donors (Lipinski definition) is 1. The van der Waals surface area contributed by atoms with Gasteiger partial charge in [0.2, 0.25) is 0 Å². The Morgan fingerprint density at radius 3 is 2.48 bits per heavy atom. The summed E-state index contributed by atoms with van der Waals surface area (Å²) >= 11 is 0. The fraction of sp³-hybridized carbons (Fsp3) is 0.375. The SMILES string of the molecule is CC(C)S(=O)(=[OH+])Nc1ccc(-c2c(C#N)c3ccc(OCC(F)F)cc3n2C2CCC2)cc1. The Morgan fingerprint density at radius 1 is 1.24 bits per heavy atom. The maximum absolute atomic E-state index is 12.6. The first kappa shape index (κ1) is 23.1. The van der Waals surface area contributed by atoms with Crippen LogP contribution in [-0.4, -0.2) is 31.3 Å². The zero-order valence-corrected chi connectivity index (χ0v) is 19.2. The number of rotatable bonds is 8. The van der Waals surface area contributed by atoms with Gasteiger partial charge in [0.05, 0.1) is 22.5 Å². The van der Waals surface area contributed by atoms with E-state index in [2.05, 4.69) is 15.4 Å². The van der Waals surface area contributed by atoms with Gasteiger partial charge in [-0.1, -0.05) is 12.1 Å². The van der Waals surface area contributed by atoms with Crippen LogP contribution in [0.2, 0.25) is 0 Å². The van der Waals surface area contributed by atoms with Gasteiger partial charge in [0, 0.05) is 17.5 Å². The van der Waals surface area contributed by atoms with Crippen LogP contribution >= 0.6 is 0 Å². The van der Waals surface area contributed by atoms with E-state index in [0.29, 0.717) is 17.0 Å². The molecular weight excluding hydrogens is 448 g/mol. The lowest BCUT2D eigenvalue weighted by Crippen LogP contribution is -2.22. The summed E-state index contributed by atoms with van der Waals surface area (Å²) in [7, 11) is -3.22. The Kier molecular flexibility index (Phi) is 6.30. The van der Waals surface area contributed by atoms with Gasteiger partial charge < -0.3 is 9.30 Å². The van der Waals surface area contributed by atoms with Gasteiger partial charge in [-0.3, -0.25) is 0 Å². The first-order valence-electron chi connectivity index (χ1n) is 10.8. The number of hydrogen-bond acceptors (Lipinski definition) is 3. The quantitative estimate of drug-likeness (QED) is 0.415. The molecule has 174 valence electrons. The number of nitrogens with one attached hydrogen (secondary N) is 1. The zero-order valence-electron chi connectivity index (χ0n) is 18.4. The minimum absolute atomic E-state index is 0.199. The largest absolute Gasteiger partial charge is 0.488 e. The van der Waals surface area contributed by atoms with Crippen LogP contribution in [0.4, 0.5) is 14.5 Å². The molecule has 1 saturated carbocycles. The van der Waals surface area contributed by atoms with Crippen molar-refractivity contribution >= 4 is 26.6 Å². The van der Waals surface area contributed by atoms with Gasteiger partial charge >= 0.3 is 10.0 Å². The molecule has 6 nitrogen and oxygen atoms in total. The smallest absolute Gasteiger partial charge is 0.368 e. The van der Waals surface area contributed by atoms with Gasteiger partial charge in [-0.25, -0.2) is 17.7 Å². The maximum atomic E-state index is 12.6. The van der Waals surface area contributed by atoms with E-state index in [9.17, 15) is 22.5 Å². The topological polar surface area (TPSA) is 88.4 Å². The van der Waals surface area contributed by atoms with Crippen molar-refractivity contribution in [2.45, 2.75) is 50.8 Å². The molecular formula is C24H26F2N3O3S+. The monoisotopic (exact) mass is 474 g/mol. The second kappa shape index (κ2) is 9.02. The molecule has 1 aliphatic carbocycles. The first-order chi connectivity index (χ1) is 15.7. The molecule has 0 amide bonds. The molecule has 0 aliphatic heterocycles. The van der Waals surface area contributed by atoms with E-state index in [1.165, 1.54) is 0 Å². The predicted molar refractivity (Wildman–Crippen MR) is 125 cm³/mol. The summed E-state index contributed by atoms with van der Waals surface area (Å²) in [4.78, 5) is 0. The van der Waals surface area contributed by atoms with E-state index in [1.807, 2.05) is 12.1 Å². The van der Waals surface area contributed by atoms with Crippen LogP contribution in [-0.2, 0) is 10.0 Å². The summed E-state index contributed by atoms with van der Waals surface area (Å²) in [6.45, 7) is 2.64. The highest BCUT2D eigenvalue weighted by Gasteiger charge is 2.28. The van der Waals surface area contributed by atoms with Gasteiger partial charge in [0.25, 0.3) is 6.43 Å². The molecule has 4 rings (SSSR count). The molecule has 0 bridgehead atoms. The molecule has 0 radical (unpaired) electrons. The molecule has 0 spiro atoms. The van der Waals surface area contributed by atoms with Crippen molar-refractivity contribution < 1.29 is 21.9 Å². The molecule has 1 aromatic heterocycles. The minimum Gasteiger partial charge on any atom is -0.488 e. The third kappa shape index (κ3) is 4.53. The van der Waals surface area contributed by atoms with Crippen molar-refractivity contribution in [2.24, 2.45) is 0 Å². The average Bonchev–Trinajstić information content (AvgIpc) is 3.04. The Hall–Kier alpha value is -3.12. The number of nitriles is 1. The van der Waals surface area contributed by atoms with Crippen LogP contribution < -0.4 is 9.46 Å². The Morgan fingerprint density at radius 2 is 1.94 bits per heavy atom. The summed E-state index contributed by atoms with van der Waals surface area (Å²) < 4.78 is 57.6. The molecule has 1 fully saturated rings. The van der Waals surface area contributed by atoms with Gasteiger partial charge in [0.15, 0.2) is 0 Å². The number of ether oxygens (including phenoxy) is 1. The summed E-state index contributed by atoms with van der Waals surface area (Å²) in [5.74, 6) is 0.336. The van der Waals surface area contributed by atoms with E-state index < -0.39 is 28.3 Å².